The highest BCUT2D eigenvalue weighted by Gasteiger charge is 2.15. The van der Waals surface area contributed by atoms with E-state index < -0.39 is 0 Å². The summed E-state index contributed by atoms with van der Waals surface area (Å²) in [5.41, 5.74) is 3.56. The van der Waals surface area contributed by atoms with Crippen LogP contribution in [0.3, 0.4) is 0 Å². The molecule has 1 aliphatic rings. The number of para-hydroxylation sites is 1. The van der Waals surface area contributed by atoms with Gasteiger partial charge in [-0.05, 0) is 43.6 Å². The van der Waals surface area contributed by atoms with E-state index >= 15 is 0 Å². The molecule has 0 spiro atoms. The fraction of sp³-hybridized carbons (Fsp3) is 0.533. The molecule has 0 aliphatic heterocycles. The van der Waals surface area contributed by atoms with E-state index in [0.717, 1.165) is 23.4 Å². The quantitative estimate of drug-likeness (QED) is 0.856. The van der Waals surface area contributed by atoms with Crippen LogP contribution in [0, 0.1) is 11.7 Å². The zero-order chi connectivity index (χ0) is 13.2. The standard InChI is InChI=1S/C15H20N2OS/c1-11-5-4-8-13-14(11)16-15(19)17(13)9-10-18-12-6-2-3-7-12/h4-5,8,12H,2-3,6-7,9-10H2,1H3,(H,16,19). The van der Waals surface area contributed by atoms with Crippen molar-refractivity contribution in [3.05, 3.63) is 28.5 Å². The molecule has 0 radical (unpaired) electrons. The van der Waals surface area contributed by atoms with Gasteiger partial charge in [0, 0.05) is 6.54 Å². The molecule has 1 saturated carbocycles. The minimum Gasteiger partial charge on any atom is -0.376 e. The molecule has 102 valence electrons. The lowest BCUT2D eigenvalue weighted by Crippen LogP contribution is -2.13. The molecular weight excluding hydrogens is 256 g/mol. The second kappa shape index (κ2) is 5.47. The van der Waals surface area contributed by atoms with Crippen molar-refractivity contribution in [1.82, 2.24) is 9.55 Å². The van der Waals surface area contributed by atoms with E-state index in [1.165, 1.54) is 36.8 Å². The highest BCUT2D eigenvalue weighted by atomic mass is 32.1. The Balaban J connectivity index is 1.75. The molecule has 1 N–H and O–H groups in total. The molecule has 3 rings (SSSR count). The van der Waals surface area contributed by atoms with Crippen LogP contribution < -0.4 is 0 Å². The van der Waals surface area contributed by atoms with Crippen LogP contribution in [0.4, 0.5) is 0 Å². The number of aromatic amines is 1. The topological polar surface area (TPSA) is 29.9 Å². The lowest BCUT2D eigenvalue weighted by molar-refractivity contribution is 0.0533. The second-order valence-electron chi connectivity index (χ2n) is 5.33. The Morgan fingerprint density at radius 3 is 2.95 bits per heavy atom. The van der Waals surface area contributed by atoms with Gasteiger partial charge in [-0.25, -0.2) is 0 Å². The minimum atomic E-state index is 0.473. The number of nitrogens with one attached hydrogen (secondary N) is 1. The van der Waals surface area contributed by atoms with Crippen molar-refractivity contribution in [3.63, 3.8) is 0 Å². The maximum Gasteiger partial charge on any atom is 0.178 e. The first-order valence-electron chi connectivity index (χ1n) is 7.05. The number of hydrogen-bond donors (Lipinski definition) is 1. The average Bonchev–Trinajstić information content (AvgIpc) is 3.00. The van der Waals surface area contributed by atoms with Crippen LogP contribution in [-0.2, 0) is 11.3 Å². The monoisotopic (exact) mass is 276 g/mol. The number of benzene rings is 1. The van der Waals surface area contributed by atoms with Crippen LogP contribution in [0.15, 0.2) is 18.2 Å². The van der Waals surface area contributed by atoms with Gasteiger partial charge >= 0.3 is 0 Å². The molecule has 0 bridgehead atoms. The number of rotatable bonds is 4. The third kappa shape index (κ3) is 2.60. The van der Waals surface area contributed by atoms with Gasteiger partial charge in [0.2, 0.25) is 0 Å². The summed E-state index contributed by atoms with van der Waals surface area (Å²) in [6.07, 6.45) is 5.55. The van der Waals surface area contributed by atoms with Crippen LogP contribution in [0.2, 0.25) is 0 Å². The Labute approximate surface area is 118 Å². The molecule has 1 fully saturated rings. The van der Waals surface area contributed by atoms with Gasteiger partial charge in [0.05, 0.1) is 23.7 Å². The third-order valence-electron chi connectivity index (χ3n) is 3.99. The van der Waals surface area contributed by atoms with E-state index in [1.807, 2.05) is 0 Å². The van der Waals surface area contributed by atoms with E-state index in [0.29, 0.717) is 6.10 Å². The molecule has 0 unspecified atom stereocenters. The van der Waals surface area contributed by atoms with Gasteiger partial charge in [0.1, 0.15) is 0 Å². The number of imidazole rings is 1. The van der Waals surface area contributed by atoms with Gasteiger partial charge in [-0.2, -0.15) is 0 Å². The van der Waals surface area contributed by atoms with Crippen molar-refractivity contribution in [2.75, 3.05) is 6.61 Å². The van der Waals surface area contributed by atoms with Crippen LogP contribution >= 0.6 is 12.2 Å². The van der Waals surface area contributed by atoms with Gasteiger partial charge in [-0.3, -0.25) is 0 Å². The Hall–Kier alpha value is -1.13. The van der Waals surface area contributed by atoms with E-state index in [-0.39, 0.29) is 0 Å². The second-order valence-corrected chi connectivity index (χ2v) is 5.71. The molecule has 1 aromatic carbocycles. The lowest BCUT2D eigenvalue weighted by atomic mass is 10.2. The highest BCUT2D eigenvalue weighted by Crippen LogP contribution is 2.21. The number of nitrogens with zero attached hydrogens (tertiary/aromatic N) is 1. The molecule has 0 saturated heterocycles. The number of H-pyrrole nitrogens is 1. The summed E-state index contributed by atoms with van der Waals surface area (Å²) < 4.78 is 8.87. The Bertz CT molecular complexity index is 623. The number of ether oxygens (including phenoxy) is 1. The van der Waals surface area contributed by atoms with Crippen molar-refractivity contribution in [2.45, 2.75) is 45.3 Å². The van der Waals surface area contributed by atoms with Gasteiger partial charge < -0.3 is 14.3 Å². The van der Waals surface area contributed by atoms with Gasteiger partial charge in [-0.15, -0.1) is 0 Å². The Morgan fingerprint density at radius 2 is 2.16 bits per heavy atom. The third-order valence-corrected chi connectivity index (χ3v) is 4.31. The first kappa shape index (κ1) is 12.9. The molecule has 4 heteroatoms. The predicted molar refractivity (Wildman–Crippen MR) is 80.1 cm³/mol. The molecule has 0 amide bonds. The molecule has 3 nitrogen and oxygen atoms in total. The largest absolute Gasteiger partial charge is 0.376 e. The molecule has 1 aliphatic carbocycles. The Morgan fingerprint density at radius 1 is 1.37 bits per heavy atom. The minimum absolute atomic E-state index is 0.473. The average molecular weight is 276 g/mol. The maximum atomic E-state index is 5.93. The molecule has 1 aromatic heterocycles. The van der Waals surface area contributed by atoms with Crippen molar-refractivity contribution in [1.29, 1.82) is 0 Å². The van der Waals surface area contributed by atoms with Crippen LogP contribution in [0.5, 0.6) is 0 Å². The van der Waals surface area contributed by atoms with E-state index in [4.69, 9.17) is 17.0 Å². The van der Waals surface area contributed by atoms with Crippen molar-refractivity contribution < 1.29 is 4.74 Å². The number of fused-ring (bicyclic) bond motifs is 1. The predicted octanol–water partition coefficient (Wildman–Crippen LogP) is 3.97. The summed E-state index contributed by atoms with van der Waals surface area (Å²) in [7, 11) is 0. The lowest BCUT2D eigenvalue weighted by Gasteiger charge is -2.11. The number of aromatic nitrogens is 2. The molecule has 19 heavy (non-hydrogen) atoms. The normalized spacial score (nSPS) is 16.5. The van der Waals surface area contributed by atoms with Gasteiger partial charge in [-0.1, -0.05) is 25.0 Å². The van der Waals surface area contributed by atoms with Gasteiger partial charge in [0.15, 0.2) is 4.77 Å². The summed E-state index contributed by atoms with van der Waals surface area (Å²) >= 11 is 5.41. The molecule has 2 aromatic rings. The van der Waals surface area contributed by atoms with Crippen molar-refractivity contribution >= 4 is 23.3 Å². The summed E-state index contributed by atoms with van der Waals surface area (Å²) in [4.78, 5) is 3.30. The zero-order valence-corrected chi connectivity index (χ0v) is 12.1. The first-order valence-corrected chi connectivity index (χ1v) is 7.46. The summed E-state index contributed by atoms with van der Waals surface area (Å²) in [5.74, 6) is 0. The maximum absolute atomic E-state index is 5.93. The van der Waals surface area contributed by atoms with E-state index in [9.17, 15) is 0 Å². The molecule has 0 atom stereocenters. The van der Waals surface area contributed by atoms with Crippen LogP contribution in [-0.4, -0.2) is 22.3 Å². The van der Waals surface area contributed by atoms with Crippen molar-refractivity contribution in [3.8, 4) is 0 Å². The van der Waals surface area contributed by atoms with Gasteiger partial charge in [0.25, 0.3) is 0 Å². The summed E-state index contributed by atoms with van der Waals surface area (Å²) in [5, 5.41) is 0. The number of hydrogen-bond acceptors (Lipinski definition) is 2. The highest BCUT2D eigenvalue weighted by molar-refractivity contribution is 7.71. The summed E-state index contributed by atoms with van der Waals surface area (Å²) in [6, 6.07) is 6.30. The Kier molecular flexibility index (Phi) is 3.71. The fourth-order valence-corrected chi connectivity index (χ4v) is 3.20. The zero-order valence-electron chi connectivity index (χ0n) is 11.3. The van der Waals surface area contributed by atoms with E-state index in [2.05, 4.69) is 34.7 Å². The van der Waals surface area contributed by atoms with Crippen LogP contribution in [0.1, 0.15) is 31.2 Å². The smallest absolute Gasteiger partial charge is 0.178 e. The molecular formula is C15H20N2OS. The molecule has 1 heterocycles. The SMILES string of the molecule is Cc1cccc2c1[nH]c(=S)n2CCOC1CCCC1. The van der Waals surface area contributed by atoms with Crippen molar-refractivity contribution in [2.24, 2.45) is 0 Å². The first-order chi connectivity index (χ1) is 9.25. The van der Waals surface area contributed by atoms with E-state index in [1.54, 1.807) is 0 Å². The fourth-order valence-electron chi connectivity index (χ4n) is 2.91. The number of aryl methyl sites for hydroxylation is 1. The summed E-state index contributed by atoms with van der Waals surface area (Å²) in [6.45, 7) is 3.69. The van der Waals surface area contributed by atoms with Crippen LogP contribution in [0.25, 0.3) is 11.0 Å².